The minimum atomic E-state index is -0.495. The number of fused-ring (bicyclic) bond motifs is 1. The molecular formula is C20H27N3O2. The van der Waals surface area contributed by atoms with Crippen molar-refractivity contribution in [2.75, 3.05) is 19.7 Å². The van der Waals surface area contributed by atoms with E-state index in [2.05, 4.69) is 9.88 Å². The molecule has 0 unspecified atom stereocenters. The molecule has 4 rings (SSSR count). The van der Waals surface area contributed by atoms with Crippen molar-refractivity contribution < 1.29 is 9.84 Å². The van der Waals surface area contributed by atoms with Gasteiger partial charge in [-0.3, -0.25) is 4.90 Å². The van der Waals surface area contributed by atoms with Crippen LogP contribution in [0.15, 0.2) is 30.3 Å². The van der Waals surface area contributed by atoms with Crippen LogP contribution in [-0.2, 0) is 12.8 Å². The zero-order chi connectivity index (χ0) is 17.1. The minimum absolute atomic E-state index is 0.303. The number of β-amino-alcohol motifs (C(OH)–C–C–N with tert-alkyl or cyclic N) is 1. The molecule has 1 aromatic heterocycles. The molecule has 0 radical (unpaired) electrons. The molecule has 2 N–H and O–H groups in total. The van der Waals surface area contributed by atoms with Crippen molar-refractivity contribution in [2.45, 2.75) is 50.7 Å². The van der Waals surface area contributed by atoms with Gasteiger partial charge < -0.3 is 14.8 Å². The van der Waals surface area contributed by atoms with Crippen molar-refractivity contribution in [1.29, 1.82) is 0 Å². The number of aryl methyl sites for hydroxylation is 2. The van der Waals surface area contributed by atoms with E-state index < -0.39 is 6.10 Å². The van der Waals surface area contributed by atoms with Crippen LogP contribution in [0.4, 0.5) is 0 Å². The Morgan fingerprint density at radius 3 is 2.88 bits per heavy atom. The lowest BCUT2D eigenvalue weighted by Crippen LogP contribution is -2.35. The highest BCUT2D eigenvalue weighted by atomic mass is 16.5. The Bertz CT molecular complexity index is 662. The normalized spacial score (nSPS) is 21.9. The van der Waals surface area contributed by atoms with E-state index in [1.54, 1.807) is 0 Å². The number of nitrogens with zero attached hydrogens (tertiary/aromatic N) is 2. The molecule has 2 atom stereocenters. The molecule has 2 heterocycles. The van der Waals surface area contributed by atoms with E-state index in [0.29, 0.717) is 19.2 Å². The van der Waals surface area contributed by atoms with Crippen LogP contribution in [0.25, 0.3) is 0 Å². The predicted octanol–water partition coefficient (Wildman–Crippen LogP) is 2.87. The Balaban J connectivity index is 1.35. The predicted molar refractivity (Wildman–Crippen MR) is 96.7 cm³/mol. The Labute approximate surface area is 149 Å². The molecule has 0 amide bonds. The van der Waals surface area contributed by atoms with Crippen LogP contribution < -0.4 is 4.74 Å². The first kappa shape index (κ1) is 16.6. The summed E-state index contributed by atoms with van der Waals surface area (Å²) in [5.74, 6) is 1.90. The van der Waals surface area contributed by atoms with E-state index in [9.17, 15) is 5.11 Å². The molecule has 2 aliphatic rings. The maximum atomic E-state index is 10.4. The number of hydrogen-bond donors (Lipinski definition) is 2. The Kier molecular flexibility index (Phi) is 5.04. The zero-order valence-electron chi connectivity index (χ0n) is 14.7. The standard InChI is InChI=1S/C20H27N3O2/c24-15(14-25-16-7-2-1-3-8-16)13-23-12-6-11-19(23)20-21-17-9-4-5-10-18(17)22-20/h1-3,7-8,15,19,24H,4-6,9-14H2,(H,21,22)/t15-,19-/m0/s1. The Morgan fingerprint density at radius 2 is 2.04 bits per heavy atom. The van der Waals surface area contributed by atoms with Gasteiger partial charge in [-0.1, -0.05) is 18.2 Å². The van der Waals surface area contributed by atoms with Gasteiger partial charge in [-0.05, 0) is 57.2 Å². The fourth-order valence-corrected chi connectivity index (χ4v) is 4.02. The maximum Gasteiger partial charge on any atom is 0.124 e. The SMILES string of the molecule is O[C@H](COc1ccccc1)CN1CCC[C@H]1c1nc2c([nH]1)CCCC2. The summed E-state index contributed by atoms with van der Waals surface area (Å²) in [6, 6.07) is 9.98. The van der Waals surface area contributed by atoms with Crippen molar-refractivity contribution in [3.8, 4) is 5.75 Å². The van der Waals surface area contributed by atoms with Crippen LogP contribution in [0.3, 0.4) is 0 Å². The average Bonchev–Trinajstić information content (AvgIpc) is 3.27. The van der Waals surface area contributed by atoms with Crippen LogP contribution in [-0.4, -0.2) is 45.8 Å². The third kappa shape index (κ3) is 3.88. The summed E-state index contributed by atoms with van der Waals surface area (Å²) >= 11 is 0. The number of aliphatic hydroxyl groups excluding tert-OH is 1. The number of benzene rings is 1. The number of aliphatic hydroxyl groups is 1. The highest BCUT2D eigenvalue weighted by Crippen LogP contribution is 2.32. The van der Waals surface area contributed by atoms with Crippen molar-refractivity contribution >= 4 is 0 Å². The van der Waals surface area contributed by atoms with Crippen molar-refractivity contribution in [1.82, 2.24) is 14.9 Å². The summed E-state index contributed by atoms with van der Waals surface area (Å²) in [7, 11) is 0. The highest BCUT2D eigenvalue weighted by molar-refractivity contribution is 5.21. The molecular weight excluding hydrogens is 314 g/mol. The second-order valence-electron chi connectivity index (χ2n) is 7.19. The van der Waals surface area contributed by atoms with Crippen LogP contribution in [0.5, 0.6) is 5.75 Å². The van der Waals surface area contributed by atoms with Crippen molar-refractivity contribution in [3.63, 3.8) is 0 Å². The second-order valence-corrected chi connectivity index (χ2v) is 7.19. The average molecular weight is 341 g/mol. The van der Waals surface area contributed by atoms with Gasteiger partial charge in [0.2, 0.25) is 0 Å². The van der Waals surface area contributed by atoms with Gasteiger partial charge in [-0.25, -0.2) is 4.98 Å². The van der Waals surface area contributed by atoms with E-state index >= 15 is 0 Å². The monoisotopic (exact) mass is 341 g/mol. The lowest BCUT2D eigenvalue weighted by molar-refractivity contribution is 0.0628. The number of aromatic amines is 1. The maximum absolute atomic E-state index is 10.4. The number of H-pyrrole nitrogens is 1. The number of likely N-dealkylation sites (tertiary alicyclic amines) is 1. The summed E-state index contributed by atoms with van der Waals surface area (Å²) in [6.07, 6.45) is 6.51. The molecule has 1 aliphatic carbocycles. The van der Waals surface area contributed by atoms with Gasteiger partial charge in [0, 0.05) is 12.2 Å². The zero-order valence-corrected chi connectivity index (χ0v) is 14.7. The van der Waals surface area contributed by atoms with E-state index in [0.717, 1.165) is 43.8 Å². The molecule has 0 spiro atoms. The van der Waals surface area contributed by atoms with Crippen LogP contribution >= 0.6 is 0 Å². The van der Waals surface area contributed by atoms with Gasteiger partial charge in [-0.15, -0.1) is 0 Å². The van der Waals surface area contributed by atoms with Crippen molar-refractivity contribution in [3.05, 3.63) is 47.5 Å². The van der Waals surface area contributed by atoms with Gasteiger partial charge in [0.15, 0.2) is 0 Å². The first-order valence-corrected chi connectivity index (χ1v) is 9.47. The topological polar surface area (TPSA) is 61.4 Å². The fourth-order valence-electron chi connectivity index (χ4n) is 4.02. The summed E-state index contributed by atoms with van der Waals surface area (Å²) < 4.78 is 5.69. The molecule has 5 heteroatoms. The molecule has 5 nitrogen and oxygen atoms in total. The molecule has 1 saturated heterocycles. The van der Waals surface area contributed by atoms with Crippen LogP contribution in [0, 0.1) is 0 Å². The number of imidazole rings is 1. The molecule has 1 aromatic carbocycles. The van der Waals surface area contributed by atoms with Crippen LogP contribution in [0.1, 0.15) is 48.9 Å². The molecule has 0 bridgehead atoms. The van der Waals surface area contributed by atoms with Crippen LogP contribution in [0.2, 0.25) is 0 Å². The Hall–Kier alpha value is -1.85. The first-order chi connectivity index (χ1) is 12.3. The lowest BCUT2D eigenvalue weighted by Gasteiger charge is -2.25. The number of nitrogens with one attached hydrogen (secondary N) is 1. The first-order valence-electron chi connectivity index (χ1n) is 9.47. The van der Waals surface area contributed by atoms with Gasteiger partial charge in [0.25, 0.3) is 0 Å². The van der Waals surface area contributed by atoms with Crippen molar-refractivity contribution in [2.24, 2.45) is 0 Å². The van der Waals surface area contributed by atoms with E-state index in [1.807, 2.05) is 30.3 Å². The molecule has 1 aliphatic heterocycles. The largest absolute Gasteiger partial charge is 0.491 e. The second kappa shape index (κ2) is 7.58. The van der Waals surface area contributed by atoms with Gasteiger partial charge in [-0.2, -0.15) is 0 Å². The molecule has 0 saturated carbocycles. The van der Waals surface area contributed by atoms with E-state index in [4.69, 9.17) is 9.72 Å². The molecule has 2 aromatic rings. The molecule has 25 heavy (non-hydrogen) atoms. The van der Waals surface area contributed by atoms with Gasteiger partial charge in [0.05, 0.1) is 11.7 Å². The summed E-state index contributed by atoms with van der Waals surface area (Å²) in [5.41, 5.74) is 2.60. The summed E-state index contributed by atoms with van der Waals surface area (Å²) in [6.45, 7) is 1.96. The van der Waals surface area contributed by atoms with E-state index in [1.165, 1.54) is 24.2 Å². The number of rotatable bonds is 6. The number of aromatic nitrogens is 2. The number of para-hydroxylation sites is 1. The Morgan fingerprint density at radius 1 is 1.20 bits per heavy atom. The molecule has 1 fully saturated rings. The third-order valence-corrected chi connectivity index (χ3v) is 5.28. The minimum Gasteiger partial charge on any atom is -0.491 e. The smallest absolute Gasteiger partial charge is 0.124 e. The quantitative estimate of drug-likeness (QED) is 0.848. The lowest BCUT2D eigenvalue weighted by atomic mass is 10.0. The summed E-state index contributed by atoms with van der Waals surface area (Å²) in [5, 5.41) is 10.4. The fraction of sp³-hybridized carbons (Fsp3) is 0.550. The van der Waals surface area contributed by atoms with Gasteiger partial charge in [0.1, 0.15) is 24.3 Å². The third-order valence-electron chi connectivity index (χ3n) is 5.28. The number of hydrogen-bond acceptors (Lipinski definition) is 4. The summed E-state index contributed by atoms with van der Waals surface area (Å²) in [4.78, 5) is 10.8. The van der Waals surface area contributed by atoms with E-state index in [-0.39, 0.29) is 0 Å². The number of ether oxygens (including phenoxy) is 1. The highest BCUT2D eigenvalue weighted by Gasteiger charge is 2.31. The molecule has 134 valence electrons. The van der Waals surface area contributed by atoms with Gasteiger partial charge >= 0.3 is 0 Å².